The van der Waals surface area contributed by atoms with Crippen LogP contribution in [-0.4, -0.2) is 88.4 Å². The number of hydrogen-bond donors (Lipinski definition) is 2. The summed E-state index contributed by atoms with van der Waals surface area (Å²) in [5.74, 6) is -0.635. The van der Waals surface area contributed by atoms with Crippen LogP contribution >= 0.6 is 11.3 Å². The molecule has 16 heteroatoms. The molecule has 3 aliphatic rings. The number of carbonyl (C=O) groups excluding carboxylic acids is 3. The standard InChI is InChI=1S/C47H58N8O6S2/c1-31-37(28-48-55(31)29-32-12-6-5-7-13-32)35-18-19-41(50-42(35)44(57)52-63(59,60)27-11-23-53-24-20-34(21-25-53)45(58)61-47(2,3)4)54-26-22-33-14-10-15-36(38(33)30-54)43(56)51-46-49-39-16-8-9-17-40(39)62-46/h8-10,14-19,28,32,34H,5-7,11-13,20-27,29-30H2,1-4H3,(H,52,57)(H,49,51,56). The van der Waals surface area contributed by atoms with E-state index < -0.39 is 21.5 Å². The number of anilines is 2. The van der Waals surface area contributed by atoms with Crippen LogP contribution in [0.25, 0.3) is 21.3 Å². The molecule has 2 N–H and O–H groups in total. The maximum atomic E-state index is 14.3. The van der Waals surface area contributed by atoms with Gasteiger partial charge in [0.05, 0.1) is 28.1 Å². The molecule has 14 nitrogen and oxygen atoms in total. The van der Waals surface area contributed by atoms with Crippen LogP contribution in [0.4, 0.5) is 10.9 Å². The number of rotatable bonds is 13. The lowest BCUT2D eigenvalue weighted by atomic mass is 9.89. The Kier molecular flexibility index (Phi) is 13.3. The van der Waals surface area contributed by atoms with Crippen molar-refractivity contribution in [3.8, 4) is 11.1 Å². The summed E-state index contributed by atoms with van der Waals surface area (Å²) in [6.07, 6.45) is 10.0. The molecule has 1 saturated heterocycles. The average Bonchev–Trinajstić information content (AvgIpc) is 3.84. The summed E-state index contributed by atoms with van der Waals surface area (Å²) < 4.78 is 38.0. The number of nitrogens with one attached hydrogen (secondary N) is 2. The van der Waals surface area contributed by atoms with Crippen molar-refractivity contribution in [3.05, 3.63) is 88.9 Å². The number of carbonyl (C=O) groups is 3. The van der Waals surface area contributed by atoms with E-state index in [4.69, 9.17) is 14.8 Å². The molecular formula is C47H58N8O6S2. The van der Waals surface area contributed by atoms with E-state index in [0.29, 0.717) is 86.4 Å². The van der Waals surface area contributed by atoms with Crippen molar-refractivity contribution in [2.45, 2.75) is 104 Å². The number of benzene rings is 2. The van der Waals surface area contributed by atoms with E-state index in [1.165, 1.54) is 30.6 Å². The Morgan fingerprint density at radius 3 is 2.43 bits per heavy atom. The first kappa shape index (κ1) is 44.4. The van der Waals surface area contributed by atoms with Crippen molar-refractivity contribution in [3.63, 3.8) is 0 Å². The monoisotopic (exact) mass is 894 g/mol. The molecule has 0 radical (unpaired) electrons. The van der Waals surface area contributed by atoms with Crippen LogP contribution in [0.2, 0.25) is 0 Å². The van der Waals surface area contributed by atoms with E-state index in [9.17, 15) is 22.8 Å². The molecule has 1 aliphatic carbocycles. The fraction of sp³-hybridized carbons (Fsp3) is 0.489. The fourth-order valence-electron chi connectivity index (χ4n) is 9.10. The molecule has 1 saturated carbocycles. The molecule has 2 fully saturated rings. The van der Waals surface area contributed by atoms with Gasteiger partial charge in [-0.3, -0.25) is 24.4 Å². The number of para-hydroxylation sites is 1. The van der Waals surface area contributed by atoms with Crippen molar-refractivity contribution in [2.75, 3.05) is 42.1 Å². The molecule has 0 unspecified atom stereocenters. The number of nitrogens with zero attached hydrogens (tertiary/aromatic N) is 6. The van der Waals surface area contributed by atoms with Crippen molar-refractivity contribution < 1.29 is 27.5 Å². The molecule has 8 rings (SSSR count). The van der Waals surface area contributed by atoms with E-state index in [1.807, 2.05) is 91.9 Å². The number of piperidine rings is 1. The zero-order valence-corrected chi connectivity index (χ0v) is 38.3. The summed E-state index contributed by atoms with van der Waals surface area (Å²) in [5, 5.41) is 8.26. The van der Waals surface area contributed by atoms with Gasteiger partial charge in [0.15, 0.2) is 5.13 Å². The van der Waals surface area contributed by atoms with Gasteiger partial charge in [-0.1, -0.05) is 54.9 Å². The number of hydrogen-bond acceptors (Lipinski definition) is 12. The molecule has 0 spiro atoms. The Morgan fingerprint density at radius 1 is 0.889 bits per heavy atom. The van der Waals surface area contributed by atoms with Crippen LogP contribution in [-0.2, 0) is 39.1 Å². The molecule has 3 aromatic heterocycles. The van der Waals surface area contributed by atoms with Gasteiger partial charge >= 0.3 is 5.97 Å². The van der Waals surface area contributed by atoms with Gasteiger partial charge in [-0.15, -0.1) is 0 Å². The number of ether oxygens (including phenoxy) is 1. The number of fused-ring (bicyclic) bond motifs is 2. The van der Waals surface area contributed by atoms with Gasteiger partial charge in [0, 0.05) is 42.0 Å². The molecule has 0 atom stereocenters. The second-order valence-electron chi connectivity index (χ2n) is 18.2. The summed E-state index contributed by atoms with van der Waals surface area (Å²) in [5.41, 5.74) is 4.83. The lowest BCUT2D eigenvalue weighted by molar-refractivity contribution is -0.161. The third kappa shape index (κ3) is 10.8. The van der Waals surface area contributed by atoms with Crippen molar-refractivity contribution in [2.24, 2.45) is 11.8 Å². The van der Waals surface area contributed by atoms with Crippen LogP contribution in [0.15, 0.2) is 60.8 Å². The Balaban J connectivity index is 0.995. The summed E-state index contributed by atoms with van der Waals surface area (Å²) in [6, 6.07) is 17.2. The predicted octanol–water partition coefficient (Wildman–Crippen LogP) is 7.76. The molecule has 334 valence electrons. The van der Waals surface area contributed by atoms with E-state index >= 15 is 0 Å². The molecule has 5 aromatic rings. The molecule has 2 amide bonds. The molecule has 2 aromatic carbocycles. The summed E-state index contributed by atoms with van der Waals surface area (Å²) in [4.78, 5) is 54.3. The van der Waals surface area contributed by atoms with E-state index in [1.54, 1.807) is 6.20 Å². The van der Waals surface area contributed by atoms with Crippen molar-refractivity contribution in [1.82, 2.24) is 29.4 Å². The lowest BCUT2D eigenvalue weighted by Crippen LogP contribution is -2.40. The lowest BCUT2D eigenvalue weighted by Gasteiger charge is -2.32. The number of aromatic nitrogens is 4. The van der Waals surface area contributed by atoms with E-state index in [2.05, 4.69) is 19.9 Å². The Hall–Kier alpha value is -5.19. The summed E-state index contributed by atoms with van der Waals surface area (Å²) in [6.45, 7) is 11.1. The van der Waals surface area contributed by atoms with Gasteiger partial charge in [0.1, 0.15) is 17.1 Å². The summed E-state index contributed by atoms with van der Waals surface area (Å²) >= 11 is 1.42. The predicted molar refractivity (Wildman–Crippen MR) is 246 cm³/mol. The fourth-order valence-corrected chi connectivity index (χ4v) is 11.0. The van der Waals surface area contributed by atoms with Gasteiger partial charge in [0.2, 0.25) is 10.0 Å². The number of esters is 1. The highest BCUT2D eigenvalue weighted by Gasteiger charge is 2.31. The van der Waals surface area contributed by atoms with Crippen LogP contribution in [0.3, 0.4) is 0 Å². The first-order valence-electron chi connectivity index (χ1n) is 22.3. The van der Waals surface area contributed by atoms with Crippen LogP contribution in [0.1, 0.15) is 110 Å². The second kappa shape index (κ2) is 18.9. The largest absolute Gasteiger partial charge is 0.460 e. The third-order valence-electron chi connectivity index (χ3n) is 12.5. The number of thiazole rings is 1. The Bertz CT molecular complexity index is 2550. The number of pyridine rings is 1. The molecule has 2 aliphatic heterocycles. The maximum Gasteiger partial charge on any atom is 0.309 e. The zero-order chi connectivity index (χ0) is 44.3. The van der Waals surface area contributed by atoms with Crippen LogP contribution in [0.5, 0.6) is 0 Å². The normalized spacial score (nSPS) is 16.8. The van der Waals surface area contributed by atoms with Gasteiger partial charge in [-0.2, -0.15) is 5.10 Å². The highest BCUT2D eigenvalue weighted by molar-refractivity contribution is 7.90. The number of sulfonamides is 1. The average molecular weight is 895 g/mol. The Morgan fingerprint density at radius 2 is 1.67 bits per heavy atom. The number of amides is 2. The molecule has 0 bridgehead atoms. The van der Waals surface area contributed by atoms with Gasteiger partial charge in [-0.25, -0.2) is 23.1 Å². The molecular weight excluding hydrogens is 837 g/mol. The third-order valence-corrected chi connectivity index (χ3v) is 14.7. The quantitative estimate of drug-likeness (QED) is 0.111. The van der Waals surface area contributed by atoms with Gasteiger partial charge in [-0.05, 0) is 133 Å². The van der Waals surface area contributed by atoms with E-state index in [0.717, 1.165) is 52.0 Å². The van der Waals surface area contributed by atoms with Crippen LogP contribution < -0.4 is 14.9 Å². The highest BCUT2D eigenvalue weighted by atomic mass is 32.2. The van der Waals surface area contributed by atoms with Gasteiger partial charge < -0.3 is 14.5 Å². The minimum Gasteiger partial charge on any atom is -0.460 e. The minimum atomic E-state index is -4.05. The number of likely N-dealkylation sites (tertiary alicyclic amines) is 1. The highest BCUT2D eigenvalue weighted by Crippen LogP contribution is 2.34. The summed E-state index contributed by atoms with van der Waals surface area (Å²) in [7, 11) is -4.05. The van der Waals surface area contributed by atoms with Gasteiger partial charge in [0.25, 0.3) is 11.8 Å². The van der Waals surface area contributed by atoms with Crippen molar-refractivity contribution >= 4 is 60.3 Å². The molecule has 5 heterocycles. The maximum absolute atomic E-state index is 14.3. The topological polar surface area (TPSA) is 169 Å². The first-order chi connectivity index (χ1) is 30.2. The Labute approximate surface area is 373 Å². The van der Waals surface area contributed by atoms with Crippen LogP contribution in [0, 0.1) is 18.8 Å². The van der Waals surface area contributed by atoms with Crippen molar-refractivity contribution in [1.29, 1.82) is 0 Å². The zero-order valence-electron chi connectivity index (χ0n) is 36.7. The second-order valence-corrected chi connectivity index (χ2v) is 21.1. The SMILES string of the molecule is Cc1c(-c2ccc(N3CCc4cccc(C(=O)Nc5nc6ccccc6s5)c4C3)nc2C(=O)NS(=O)(=O)CCCN2CCC(C(=O)OC(C)(C)C)CC2)cnn1CC1CCCCC1. The molecule has 63 heavy (non-hydrogen) atoms. The first-order valence-corrected chi connectivity index (χ1v) is 24.7. The van der Waals surface area contributed by atoms with E-state index in [-0.39, 0.29) is 29.2 Å². The minimum absolute atomic E-state index is 0.00623. The smallest absolute Gasteiger partial charge is 0.309 e.